The van der Waals surface area contributed by atoms with Crippen molar-refractivity contribution >= 4 is 6.09 Å². The minimum Gasteiger partial charge on any atom is -0.444 e. The van der Waals surface area contributed by atoms with Crippen molar-refractivity contribution in [3.63, 3.8) is 0 Å². The topological polar surface area (TPSA) is 41.6 Å². The van der Waals surface area contributed by atoms with Gasteiger partial charge in [0.15, 0.2) is 0 Å². The van der Waals surface area contributed by atoms with Gasteiger partial charge in [0.2, 0.25) is 0 Å². The van der Waals surface area contributed by atoms with E-state index in [9.17, 15) is 4.79 Å². The zero-order valence-electron chi connectivity index (χ0n) is 15.1. The Morgan fingerprint density at radius 3 is 2.50 bits per heavy atom. The SMILES string of the molecule is CC(C)(C)OC(=O)N1CCC(CN[C@@H]2C[C@H]2c2ccccc2)CC1. The van der Waals surface area contributed by atoms with Gasteiger partial charge in [0.25, 0.3) is 0 Å². The minimum absolute atomic E-state index is 0.166. The normalized spacial score (nSPS) is 24.7. The fourth-order valence-electron chi connectivity index (χ4n) is 3.45. The van der Waals surface area contributed by atoms with Gasteiger partial charge in [0, 0.05) is 25.0 Å². The number of rotatable bonds is 4. The Labute approximate surface area is 145 Å². The summed E-state index contributed by atoms with van der Waals surface area (Å²) in [5.74, 6) is 1.36. The predicted octanol–water partition coefficient (Wildman–Crippen LogP) is 3.78. The van der Waals surface area contributed by atoms with E-state index in [0.29, 0.717) is 17.9 Å². The van der Waals surface area contributed by atoms with Gasteiger partial charge in [-0.15, -0.1) is 0 Å². The van der Waals surface area contributed by atoms with E-state index in [2.05, 4.69) is 35.6 Å². The second kappa shape index (κ2) is 7.14. The van der Waals surface area contributed by atoms with Crippen molar-refractivity contribution in [3.8, 4) is 0 Å². The van der Waals surface area contributed by atoms with Crippen LogP contribution in [0.3, 0.4) is 0 Å². The molecule has 1 aliphatic carbocycles. The molecule has 132 valence electrons. The first-order valence-electron chi connectivity index (χ1n) is 9.18. The second-order valence-electron chi connectivity index (χ2n) is 8.18. The zero-order valence-corrected chi connectivity index (χ0v) is 15.1. The van der Waals surface area contributed by atoms with Crippen LogP contribution in [0.1, 0.15) is 51.5 Å². The lowest BCUT2D eigenvalue weighted by molar-refractivity contribution is 0.0184. The monoisotopic (exact) mass is 330 g/mol. The third-order valence-electron chi connectivity index (χ3n) is 4.95. The van der Waals surface area contributed by atoms with E-state index in [0.717, 1.165) is 32.5 Å². The molecule has 1 heterocycles. The molecule has 2 fully saturated rings. The summed E-state index contributed by atoms with van der Waals surface area (Å²) >= 11 is 0. The molecule has 1 aliphatic heterocycles. The zero-order chi connectivity index (χ0) is 17.2. The molecule has 1 N–H and O–H groups in total. The molecule has 0 spiro atoms. The van der Waals surface area contributed by atoms with Crippen LogP contribution in [0.5, 0.6) is 0 Å². The van der Waals surface area contributed by atoms with E-state index in [-0.39, 0.29) is 6.09 Å². The molecule has 24 heavy (non-hydrogen) atoms. The Hall–Kier alpha value is -1.55. The van der Waals surface area contributed by atoms with Gasteiger partial charge in [0.1, 0.15) is 5.60 Å². The summed E-state index contributed by atoms with van der Waals surface area (Å²) < 4.78 is 5.46. The Bertz CT molecular complexity index is 545. The fourth-order valence-corrected chi connectivity index (χ4v) is 3.45. The molecular weight excluding hydrogens is 300 g/mol. The molecule has 4 heteroatoms. The number of hydrogen-bond donors (Lipinski definition) is 1. The average Bonchev–Trinajstić information content (AvgIpc) is 3.32. The maximum absolute atomic E-state index is 12.1. The van der Waals surface area contributed by atoms with Crippen LogP contribution in [0.25, 0.3) is 0 Å². The molecule has 1 aromatic rings. The average molecular weight is 330 g/mol. The summed E-state index contributed by atoms with van der Waals surface area (Å²) in [5, 5.41) is 3.72. The van der Waals surface area contributed by atoms with Crippen molar-refractivity contribution in [1.82, 2.24) is 10.2 Å². The van der Waals surface area contributed by atoms with Gasteiger partial charge in [-0.05, 0) is 58.1 Å². The highest BCUT2D eigenvalue weighted by Gasteiger charge is 2.38. The number of nitrogens with zero attached hydrogens (tertiary/aromatic N) is 1. The van der Waals surface area contributed by atoms with Gasteiger partial charge in [-0.25, -0.2) is 4.79 Å². The molecule has 0 bridgehead atoms. The number of carbonyl (C=O) groups excluding carboxylic acids is 1. The first-order chi connectivity index (χ1) is 11.4. The number of carbonyl (C=O) groups is 1. The summed E-state index contributed by atoms with van der Waals surface area (Å²) in [6.45, 7) is 8.44. The van der Waals surface area contributed by atoms with Crippen LogP contribution in [0, 0.1) is 5.92 Å². The van der Waals surface area contributed by atoms with Crippen molar-refractivity contribution in [2.75, 3.05) is 19.6 Å². The molecule has 4 nitrogen and oxygen atoms in total. The van der Waals surface area contributed by atoms with E-state index >= 15 is 0 Å². The summed E-state index contributed by atoms with van der Waals surface area (Å²) in [5.41, 5.74) is 1.04. The van der Waals surface area contributed by atoms with Crippen molar-refractivity contribution in [1.29, 1.82) is 0 Å². The van der Waals surface area contributed by atoms with Crippen LogP contribution >= 0.6 is 0 Å². The third kappa shape index (κ3) is 4.73. The van der Waals surface area contributed by atoms with Gasteiger partial charge in [-0.1, -0.05) is 30.3 Å². The quantitative estimate of drug-likeness (QED) is 0.913. The summed E-state index contributed by atoms with van der Waals surface area (Å²) in [6.07, 6.45) is 3.21. The molecular formula is C20H30N2O2. The van der Waals surface area contributed by atoms with E-state index in [4.69, 9.17) is 4.74 Å². The van der Waals surface area contributed by atoms with Gasteiger partial charge in [0.05, 0.1) is 0 Å². The number of amides is 1. The predicted molar refractivity (Wildman–Crippen MR) is 96.1 cm³/mol. The van der Waals surface area contributed by atoms with Gasteiger partial charge in [-0.2, -0.15) is 0 Å². The molecule has 1 aromatic carbocycles. The Morgan fingerprint density at radius 1 is 1.21 bits per heavy atom. The van der Waals surface area contributed by atoms with Gasteiger partial charge in [-0.3, -0.25) is 0 Å². The number of benzene rings is 1. The number of ether oxygens (including phenoxy) is 1. The first-order valence-corrected chi connectivity index (χ1v) is 9.18. The van der Waals surface area contributed by atoms with Crippen LogP contribution in [-0.4, -0.2) is 42.3 Å². The van der Waals surface area contributed by atoms with Crippen LogP contribution in [0.15, 0.2) is 30.3 Å². The van der Waals surface area contributed by atoms with Gasteiger partial charge >= 0.3 is 6.09 Å². The first kappa shape index (κ1) is 17.3. The van der Waals surface area contributed by atoms with Crippen LogP contribution in [0.2, 0.25) is 0 Å². The summed E-state index contributed by atoms with van der Waals surface area (Å²) in [7, 11) is 0. The third-order valence-corrected chi connectivity index (χ3v) is 4.95. The molecule has 3 rings (SSSR count). The summed E-state index contributed by atoms with van der Waals surface area (Å²) in [4.78, 5) is 13.9. The number of nitrogens with one attached hydrogen (secondary N) is 1. The number of likely N-dealkylation sites (tertiary alicyclic amines) is 1. The Morgan fingerprint density at radius 2 is 1.88 bits per heavy atom. The van der Waals surface area contributed by atoms with Crippen LogP contribution < -0.4 is 5.32 Å². The fraction of sp³-hybridized carbons (Fsp3) is 0.650. The van der Waals surface area contributed by atoms with Crippen LogP contribution in [-0.2, 0) is 4.74 Å². The highest BCUT2D eigenvalue weighted by molar-refractivity contribution is 5.68. The largest absolute Gasteiger partial charge is 0.444 e. The maximum atomic E-state index is 12.1. The second-order valence-corrected chi connectivity index (χ2v) is 8.18. The molecule has 0 radical (unpaired) electrons. The van der Waals surface area contributed by atoms with Crippen molar-refractivity contribution in [3.05, 3.63) is 35.9 Å². The smallest absolute Gasteiger partial charge is 0.410 e. The maximum Gasteiger partial charge on any atom is 0.410 e. The Kier molecular flexibility index (Phi) is 5.14. The van der Waals surface area contributed by atoms with Gasteiger partial charge < -0.3 is 15.0 Å². The summed E-state index contributed by atoms with van der Waals surface area (Å²) in [6, 6.07) is 11.4. The lowest BCUT2D eigenvalue weighted by Gasteiger charge is -2.33. The minimum atomic E-state index is -0.409. The standard InChI is InChI=1S/C20H30N2O2/c1-20(2,3)24-19(23)22-11-9-15(10-12-22)14-21-18-13-17(18)16-7-5-4-6-8-16/h4-8,15,17-18,21H,9-14H2,1-3H3/t17-,18+/m0/s1. The highest BCUT2D eigenvalue weighted by atomic mass is 16.6. The lowest BCUT2D eigenvalue weighted by atomic mass is 9.97. The molecule has 0 unspecified atom stereocenters. The van der Waals surface area contributed by atoms with Crippen molar-refractivity contribution < 1.29 is 9.53 Å². The Balaban J connectivity index is 1.36. The highest BCUT2D eigenvalue weighted by Crippen LogP contribution is 2.40. The molecule has 1 saturated carbocycles. The number of piperidine rings is 1. The molecule has 2 atom stereocenters. The molecule has 1 amide bonds. The lowest BCUT2D eigenvalue weighted by Crippen LogP contribution is -2.43. The molecule has 2 aliphatic rings. The van der Waals surface area contributed by atoms with E-state index in [1.807, 2.05) is 25.7 Å². The van der Waals surface area contributed by atoms with E-state index in [1.54, 1.807) is 0 Å². The number of hydrogen-bond acceptors (Lipinski definition) is 3. The van der Waals surface area contributed by atoms with Crippen molar-refractivity contribution in [2.24, 2.45) is 5.92 Å². The molecule has 0 aromatic heterocycles. The van der Waals surface area contributed by atoms with Crippen molar-refractivity contribution in [2.45, 2.75) is 57.6 Å². The van der Waals surface area contributed by atoms with Crippen LogP contribution in [0.4, 0.5) is 4.79 Å². The van der Waals surface area contributed by atoms with E-state index < -0.39 is 5.60 Å². The van der Waals surface area contributed by atoms with E-state index in [1.165, 1.54) is 12.0 Å². The molecule has 1 saturated heterocycles.